The number of carbonyl (C=O) groups is 1. The van der Waals surface area contributed by atoms with Crippen molar-refractivity contribution in [1.82, 2.24) is 15.4 Å². The summed E-state index contributed by atoms with van der Waals surface area (Å²) in [5.41, 5.74) is 2.69. The molecule has 0 aliphatic heterocycles. The summed E-state index contributed by atoms with van der Waals surface area (Å²) < 4.78 is 10.9. The number of amides is 1. The van der Waals surface area contributed by atoms with Crippen molar-refractivity contribution in [3.63, 3.8) is 0 Å². The molecule has 148 valence electrons. The molecule has 0 saturated heterocycles. The Morgan fingerprint density at radius 2 is 1.96 bits per heavy atom. The Balaban J connectivity index is 1.51. The zero-order valence-corrected chi connectivity index (χ0v) is 17.3. The number of nitrogens with one attached hydrogen (secondary N) is 1. The molecule has 8 heteroatoms. The molecule has 2 aromatic heterocycles. The van der Waals surface area contributed by atoms with E-state index in [0.717, 1.165) is 39.8 Å². The summed E-state index contributed by atoms with van der Waals surface area (Å²) in [6.07, 6.45) is 1.13. The molecule has 1 aromatic carbocycles. The summed E-state index contributed by atoms with van der Waals surface area (Å²) in [7, 11) is 0. The Morgan fingerprint density at radius 1 is 1.21 bits per heavy atom. The smallest absolute Gasteiger partial charge is 0.230 e. The van der Waals surface area contributed by atoms with Gasteiger partial charge in [0, 0.05) is 6.42 Å². The molecule has 1 N–H and O–H groups in total. The van der Waals surface area contributed by atoms with Gasteiger partial charge in [0.1, 0.15) is 23.1 Å². The Labute approximate surface area is 168 Å². The van der Waals surface area contributed by atoms with Gasteiger partial charge >= 0.3 is 0 Å². The van der Waals surface area contributed by atoms with Crippen molar-refractivity contribution in [2.45, 2.75) is 47.1 Å². The van der Waals surface area contributed by atoms with E-state index in [1.54, 1.807) is 0 Å². The fourth-order valence-corrected chi connectivity index (χ4v) is 3.62. The summed E-state index contributed by atoms with van der Waals surface area (Å²) in [5.74, 6) is 1.89. The van der Waals surface area contributed by atoms with E-state index in [0.29, 0.717) is 17.7 Å². The van der Waals surface area contributed by atoms with Crippen LogP contribution in [0.3, 0.4) is 0 Å². The number of ether oxygens (including phenoxy) is 1. The molecule has 0 radical (unpaired) electrons. The third kappa shape index (κ3) is 5.39. The first-order valence-electron chi connectivity index (χ1n) is 9.16. The Kier molecular flexibility index (Phi) is 6.41. The first-order valence-corrected chi connectivity index (χ1v) is 9.98. The molecule has 0 spiro atoms. The van der Waals surface area contributed by atoms with Gasteiger partial charge in [0.05, 0.1) is 17.7 Å². The lowest BCUT2D eigenvalue weighted by atomic mass is 10.1. The second kappa shape index (κ2) is 8.97. The van der Waals surface area contributed by atoms with Crippen molar-refractivity contribution >= 4 is 22.4 Å². The topological polar surface area (TPSA) is 90.1 Å². The van der Waals surface area contributed by atoms with Crippen LogP contribution in [0.1, 0.15) is 41.4 Å². The number of aromatic nitrogens is 3. The van der Waals surface area contributed by atoms with Crippen molar-refractivity contribution < 1.29 is 14.1 Å². The molecule has 1 amide bonds. The average molecular weight is 401 g/mol. The van der Waals surface area contributed by atoms with E-state index in [1.165, 1.54) is 11.3 Å². The van der Waals surface area contributed by atoms with Crippen LogP contribution in [-0.2, 0) is 24.2 Å². The summed E-state index contributed by atoms with van der Waals surface area (Å²) >= 11 is 1.42. The maximum Gasteiger partial charge on any atom is 0.230 e. The molecule has 3 rings (SSSR count). The van der Waals surface area contributed by atoms with Crippen molar-refractivity contribution in [2.24, 2.45) is 5.92 Å². The van der Waals surface area contributed by atoms with Crippen LogP contribution in [0.15, 0.2) is 28.8 Å². The van der Waals surface area contributed by atoms with E-state index >= 15 is 0 Å². The fourth-order valence-electron chi connectivity index (χ4n) is 2.65. The Morgan fingerprint density at radius 3 is 2.61 bits per heavy atom. The maximum absolute atomic E-state index is 12.2. The zero-order valence-electron chi connectivity index (χ0n) is 16.5. The predicted molar refractivity (Wildman–Crippen MR) is 108 cm³/mol. The van der Waals surface area contributed by atoms with Crippen LogP contribution < -0.4 is 10.1 Å². The molecule has 0 atom stereocenters. The fraction of sp³-hybridized carbons (Fsp3) is 0.400. The van der Waals surface area contributed by atoms with Crippen LogP contribution >= 0.6 is 11.3 Å². The molecule has 2 heterocycles. The zero-order chi connectivity index (χ0) is 20.1. The number of nitrogens with zero attached hydrogens (tertiary/aromatic N) is 3. The molecule has 7 nitrogen and oxygen atoms in total. The second-order valence-electron chi connectivity index (χ2n) is 7.06. The van der Waals surface area contributed by atoms with E-state index in [1.807, 2.05) is 38.1 Å². The van der Waals surface area contributed by atoms with E-state index < -0.39 is 0 Å². The number of hydrogen-bond donors (Lipinski definition) is 1. The Bertz CT molecular complexity index is 912. The van der Waals surface area contributed by atoms with Crippen LogP contribution in [0.5, 0.6) is 5.75 Å². The second-order valence-corrected chi connectivity index (χ2v) is 8.12. The number of rotatable bonds is 8. The first-order chi connectivity index (χ1) is 13.4. The van der Waals surface area contributed by atoms with Crippen LogP contribution in [0, 0.1) is 19.8 Å². The molecule has 0 unspecified atom stereocenters. The van der Waals surface area contributed by atoms with Gasteiger partial charge in [-0.3, -0.25) is 4.79 Å². The summed E-state index contributed by atoms with van der Waals surface area (Å²) in [6.45, 7) is 8.41. The number of carbonyl (C=O) groups excluding carboxylic acids is 1. The van der Waals surface area contributed by atoms with Gasteiger partial charge in [-0.1, -0.05) is 42.5 Å². The monoisotopic (exact) mass is 400 g/mol. The maximum atomic E-state index is 12.2. The third-order valence-electron chi connectivity index (χ3n) is 4.15. The molecule has 0 aliphatic carbocycles. The third-order valence-corrected chi connectivity index (χ3v) is 5.01. The normalized spacial score (nSPS) is 11.0. The van der Waals surface area contributed by atoms with Gasteiger partial charge < -0.3 is 14.6 Å². The average Bonchev–Trinajstić information content (AvgIpc) is 3.20. The molecular weight excluding hydrogens is 376 g/mol. The van der Waals surface area contributed by atoms with Crippen LogP contribution in [0.25, 0.3) is 0 Å². The molecule has 0 saturated carbocycles. The number of aryl methyl sites for hydroxylation is 2. The molecule has 3 aromatic rings. The van der Waals surface area contributed by atoms with Crippen molar-refractivity contribution in [2.75, 3.05) is 5.32 Å². The van der Waals surface area contributed by atoms with Crippen LogP contribution in [-0.4, -0.2) is 21.3 Å². The van der Waals surface area contributed by atoms with Crippen molar-refractivity contribution in [1.29, 1.82) is 0 Å². The van der Waals surface area contributed by atoms with Gasteiger partial charge in [-0.25, -0.2) is 0 Å². The lowest BCUT2D eigenvalue weighted by Gasteiger charge is -2.07. The number of hydrogen-bond acceptors (Lipinski definition) is 7. The molecule has 28 heavy (non-hydrogen) atoms. The highest BCUT2D eigenvalue weighted by molar-refractivity contribution is 7.15. The van der Waals surface area contributed by atoms with Gasteiger partial charge in [0.15, 0.2) is 0 Å². The highest BCUT2D eigenvalue weighted by Gasteiger charge is 2.11. The molecular formula is C20H24N4O3S. The predicted octanol–water partition coefficient (Wildman–Crippen LogP) is 4.10. The largest absolute Gasteiger partial charge is 0.489 e. The molecule has 0 bridgehead atoms. The van der Waals surface area contributed by atoms with E-state index in [9.17, 15) is 4.79 Å². The van der Waals surface area contributed by atoms with Crippen molar-refractivity contribution in [3.8, 4) is 5.75 Å². The lowest BCUT2D eigenvalue weighted by Crippen LogP contribution is -2.14. The summed E-state index contributed by atoms with van der Waals surface area (Å²) in [5, 5.41) is 16.3. The highest BCUT2D eigenvalue weighted by Crippen LogP contribution is 2.20. The minimum Gasteiger partial charge on any atom is -0.489 e. The minimum absolute atomic E-state index is 0.114. The SMILES string of the molecule is Cc1noc(C)c1COc1ccc(CC(=O)Nc2nnc(CC(C)C)s2)cc1. The number of anilines is 1. The lowest BCUT2D eigenvalue weighted by molar-refractivity contribution is -0.115. The Hall–Kier alpha value is -2.74. The summed E-state index contributed by atoms with van der Waals surface area (Å²) in [4.78, 5) is 12.2. The number of benzene rings is 1. The highest BCUT2D eigenvalue weighted by atomic mass is 32.1. The quantitative estimate of drug-likeness (QED) is 0.612. The first kappa shape index (κ1) is 20.0. The van der Waals surface area contributed by atoms with E-state index in [-0.39, 0.29) is 12.3 Å². The van der Waals surface area contributed by atoms with Gasteiger partial charge in [0.2, 0.25) is 11.0 Å². The molecule has 0 fully saturated rings. The van der Waals surface area contributed by atoms with Crippen LogP contribution in [0.2, 0.25) is 0 Å². The van der Waals surface area contributed by atoms with Crippen molar-refractivity contribution in [3.05, 3.63) is 51.9 Å². The standard InChI is InChI=1S/C20H24N4O3S/c1-12(2)9-19-22-23-20(28-19)21-18(25)10-15-5-7-16(8-6-15)26-11-17-13(3)24-27-14(17)4/h5-8,12H,9-11H2,1-4H3,(H,21,23,25). The van der Waals surface area contributed by atoms with E-state index in [2.05, 4.69) is 34.5 Å². The van der Waals surface area contributed by atoms with Gasteiger partial charge in [0.25, 0.3) is 0 Å². The van der Waals surface area contributed by atoms with Gasteiger partial charge in [-0.2, -0.15) is 0 Å². The minimum atomic E-state index is -0.114. The van der Waals surface area contributed by atoms with Gasteiger partial charge in [-0.15, -0.1) is 10.2 Å². The molecule has 0 aliphatic rings. The van der Waals surface area contributed by atoms with Gasteiger partial charge in [-0.05, 0) is 37.5 Å². The van der Waals surface area contributed by atoms with E-state index in [4.69, 9.17) is 9.26 Å². The summed E-state index contributed by atoms with van der Waals surface area (Å²) in [6, 6.07) is 7.47. The van der Waals surface area contributed by atoms with Crippen LogP contribution in [0.4, 0.5) is 5.13 Å².